The first-order chi connectivity index (χ1) is 14.8. The molecule has 0 aliphatic carbocycles. The van der Waals surface area contributed by atoms with Crippen LogP contribution in [0.5, 0.6) is 0 Å². The van der Waals surface area contributed by atoms with Gasteiger partial charge in [-0.1, -0.05) is 0 Å². The van der Waals surface area contributed by atoms with Gasteiger partial charge in [0.2, 0.25) is 0 Å². The Balaban J connectivity index is 1.58. The van der Waals surface area contributed by atoms with Gasteiger partial charge >= 0.3 is 6.18 Å². The van der Waals surface area contributed by atoms with Crippen molar-refractivity contribution in [2.45, 2.75) is 45.1 Å². The molecule has 1 saturated heterocycles. The second-order valence-electron chi connectivity index (χ2n) is 7.99. The largest absolute Gasteiger partial charge is 0.416 e. The van der Waals surface area contributed by atoms with Crippen LogP contribution < -0.4 is 10.2 Å². The minimum Gasteiger partial charge on any atom is -0.369 e. The highest BCUT2D eigenvalue weighted by molar-refractivity contribution is 5.78. The summed E-state index contributed by atoms with van der Waals surface area (Å²) >= 11 is 0. The van der Waals surface area contributed by atoms with Crippen molar-refractivity contribution < 1.29 is 13.2 Å². The SMILES string of the molecule is Cc1ccncc1N(c1ccc(C(F)(F)F)cc1)C1CCN(C2=CNC(C)N=C2)CC1. The van der Waals surface area contributed by atoms with Crippen molar-refractivity contribution in [2.75, 3.05) is 18.0 Å². The number of piperidine rings is 1. The van der Waals surface area contributed by atoms with E-state index < -0.39 is 11.7 Å². The minimum absolute atomic E-state index is 0.0880. The molecule has 4 rings (SSSR count). The standard InChI is InChI=1S/C23H26F3N5/c1-16-7-10-27-15-22(16)31(19-5-3-18(4-6-19)23(24,25)26)20-8-11-30(12-9-20)21-13-28-17(2)29-14-21/h3-7,10,13-15,17,20,28H,8-9,11-12H2,1-2H3. The van der Waals surface area contributed by atoms with Crippen molar-refractivity contribution in [3.05, 3.63) is 65.7 Å². The molecule has 0 bridgehead atoms. The number of aryl methyl sites for hydroxylation is 1. The van der Waals surface area contributed by atoms with Crippen LogP contribution in [0.25, 0.3) is 0 Å². The lowest BCUT2D eigenvalue weighted by atomic mass is 9.99. The number of benzene rings is 1. The summed E-state index contributed by atoms with van der Waals surface area (Å²) in [6.07, 6.45) is 4.91. The van der Waals surface area contributed by atoms with Gasteiger partial charge in [0.15, 0.2) is 0 Å². The lowest BCUT2D eigenvalue weighted by molar-refractivity contribution is -0.137. The molecular formula is C23H26F3N5. The molecule has 2 aliphatic heterocycles. The van der Waals surface area contributed by atoms with Gasteiger partial charge in [-0.25, -0.2) is 0 Å². The minimum atomic E-state index is -4.35. The smallest absolute Gasteiger partial charge is 0.369 e. The summed E-state index contributed by atoms with van der Waals surface area (Å²) in [7, 11) is 0. The van der Waals surface area contributed by atoms with Crippen molar-refractivity contribution >= 4 is 17.6 Å². The van der Waals surface area contributed by atoms with Gasteiger partial charge in [0.1, 0.15) is 6.17 Å². The van der Waals surface area contributed by atoms with Gasteiger partial charge in [-0.05, 0) is 62.6 Å². The molecule has 0 radical (unpaired) electrons. The number of allylic oxidation sites excluding steroid dienone is 1. The molecule has 164 valence electrons. The Bertz CT molecular complexity index is 960. The monoisotopic (exact) mass is 429 g/mol. The Kier molecular flexibility index (Phi) is 5.89. The average molecular weight is 429 g/mol. The number of hydrogen-bond donors (Lipinski definition) is 1. The van der Waals surface area contributed by atoms with Crippen LogP contribution >= 0.6 is 0 Å². The van der Waals surface area contributed by atoms with Gasteiger partial charge < -0.3 is 15.1 Å². The van der Waals surface area contributed by atoms with Gasteiger partial charge in [0, 0.05) is 43.4 Å². The summed E-state index contributed by atoms with van der Waals surface area (Å²) < 4.78 is 39.2. The Morgan fingerprint density at radius 2 is 1.81 bits per heavy atom. The van der Waals surface area contributed by atoms with Crippen molar-refractivity contribution in [1.82, 2.24) is 15.2 Å². The van der Waals surface area contributed by atoms with Gasteiger partial charge in [0.05, 0.1) is 23.1 Å². The van der Waals surface area contributed by atoms with Crippen LogP contribution in [0.15, 0.2) is 59.6 Å². The number of anilines is 2. The molecule has 0 amide bonds. The molecule has 1 N–H and O–H groups in total. The molecule has 31 heavy (non-hydrogen) atoms. The molecule has 1 fully saturated rings. The van der Waals surface area contributed by atoms with Crippen molar-refractivity contribution in [3.63, 3.8) is 0 Å². The zero-order valence-corrected chi connectivity index (χ0v) is 17.6. The molecular weight excluding hydrogens is 403 g/mol. The number of nitrogens with one attached hydrogen (secondary N) is 1. The average Bonchev–Trinajstić information content (AvgIpc) is 2.76. The maximum atomic E-state index is 13.1. The van der Waals surface area contributed by atoms with Crippen LogP contribution in [-0.2, 0) is 6.18 Å². The first-order valence-corrected chi connectivity index (χ1v) is 10.4. The second kappa shape index (κ2) is 8.61. The van der Waals surface area contributed by atoms with E-state index in [1.54, 1.807) is 24.5 Å². The zero-order valence-electron chi connectivity index (χ0n) is 17.6. The third kappa shape index (κ3) is 4.68. The summed E-state index contributed by atoms with van der Waals surface area (Å²) in [5, 5.41) is 3.23. The fourth-order valence-electron chi connectivity index (χ4n) is 4.10. The maximum Gasteiger partial charge on any atom is 0.416 e. The first-order valence-electron chi connectivity index (χ1n) is 10.4. The van der Waals surface area contributed by atoms with E-state index in [2.05, 4.69) is 25.1 Å². The molecule has 1 aromatic carbocycles. The summed E-state index contributed by atoms with van der Waals surface area (Å²) in [5.41, 5.74) is 3.14. The summed E-state index contributed by atoms with van der Waals surface area (Å²) in [4.78, 5) is 13.1. The number of aromatic nitrogens is 1. The van der Waals surface area contributed by atoms with E-state index in [1.165, 1.54) is 0 Å². The van der Waals surface area contributed by atoms with Gasteiger partial charge in [0.25, 0.3) is 0 Å². The Morgan fingerprint density at radius 3 is 2.39 bits per heavy atom. The number of pyridine rings is 1. The predicted molar refractivity (Wildman–Crippen MR) is 116 cm³/mol. The third-order valence-corrected chi connectivity index (χ3v) is 5.84. The highest BCUT2D eigenvalue weighted by Crippen LogP contribution is 2.36. The van der Waals surface area contributed by atoms with E-state index in [0.29, 0.717) is 0 Å². The van der Waals surface area contributed by atoms with Gasteiger partial charge in [-0.3, -0.25) is 9.98 Å². The van der Waals surface area contributed by atoms with Crippen molar-refractivity contribution in [1.29, 1.82) is 0 Å². The summed E-state index contributed by atoms with van der Waals surface area (Å²) in [6, 6.07) is 7.51. The van der Waals surface area contributed by atoms with Crippen LogP contribution in [0.1, 0.15) is 30.9 Å². The predicted octanol–water partition coefficient (Wildman–Crippen LogP) is 4.87. The molecule has 1 aromatic heterocycles. The number of rotatable bonds is 4. The molecule has 1 atom stereocenters. The molecule has 0 saturated carbocycles. The van der Waals surface area contributed by atoms with Gasteiger partial charge in [-0.2, -0.15) is 13.2 Å². The Morgan fingerprint density at radius 1 is 1.10 bits per heavy atom. The molecule has 3 heterocycles. The van der Waals surface area contributed by atoms with Crippen LogP contribution in [-0.4, -0.2) is 41.4 Å². The molecule has 2 aliphatic rings. The molecule has 8 heteroatoms. The summed E-state index contributed by atoms with van der Waals surface area (Å²) in [6.45, 7) is 5.68. The van der Waals surface area contributed by atoms with E-state index in [4.69, 9.17) is 0 Å². The highest BCUT2D eigenvalue weighted by atomic mass is 19.4. The fraction of sp³-hybridized carbons (Fsp3) is 0.391. The maximum absolute atomic E-state index is 13.1. The second-order valence-corrected chi connectivity index (χ2v) is 7.99. The highest BCUT2D eigenvalue weighted by Gasteiger charge is 2.32. The van der Waals surface area contributed by atoms with E-state index in [1.807, 2.05) is 32.3 Å². The van der Waals surface area contributed by atoms with E-state index in [0.717, 1.165) is 60.7 Å². The third-order valence-electron chi connectivity index (χ3n) is 5.84. The number of nitrogens with zero attached hydrogens (tertiary/aromatic N) is 4. The molecule has 0 spiro atoms. The van der Waals surface area contributed by atoms with E-state index in [9.17, 15) is 13.2 Å². The first kappa shape index (κ1) is 21.2. The molecule has 2 aromatic rings. The van der Waals surface area contributed by atoms with Crippen LogP contribution in [0.4, 0.5) is 24.5 Å². The van der Waals surface area contributed by atoms with Crippen molar-refractivity contribution in [3.8, 4) is 0 Å². The number of likely N-dealkylation sites (tertiary alicyclic amines) is 1. The van der Waals surface area contributed by atoms with Crippen LogP contribution in [0, 0.1) is 6.92 Å². The van der Waals surface area contributed by atoms with Crippen LogP contribution in [0.2, 0.25) is 0 Å². The van der Waals surface area contributed by atoms with E-state index in [-0.39, 0.29) is 12.2 Å². The lowest BCUT2D eigenvalue weighted by Crippen LogP contribution is -2.44. The summed E-state index contributed by atoms with van der Waals surface area (Å²) in [5.74, 6) is 0. The number of alkyl halides is 3. The fourth-order valence-corrected chi connectivity index (χ4v) is 4.10. The topological polar surface area (TPSA) is 43.8 Å². The quantitative estimate of drug-likeness (QED) is 0.753. The van der Waals surface area contributed by atoms with Crippen LogP contribution in [0.3, 0.4) is 0 Å². The Labute approximate surface area is 180 Å². The van der Waals surface area contributed by atoms with Gasteiger partial charge in [-0.15, -0.1) is 0 Å². The number of aliphatic imine (C=N–C) groups is 1. The zero-order chi connectivity index (χ0) is 22.0. The molecule has 5 nitrogen and oxygen atoms in total. The molecule has 1 unspecified atom stereocenters. The lowest BCUT2D eigenvalue weighted by Gasteiger charge is -2.41. The number of halogens is 3. The number of hydrogen-bond acceptors (Lipinski definition) is 5. The normalized spacial score (nSPS) is 19.7. The Hall–Kier alpha value is -3.03. The van der Waals surface area contributed by atoms with Crippen molar-refractivity contribution in [2.24, 2.45) is 4.99 Å². The van der Waals surface area contributed by atoms with E-state index >= 15 is 0 Å².